The second-order valence-electron chi connectivity index (χ2n) is 15.6. The number of fused-ring (bicyclic) bond motifs is 12. The maximum absolute atomic E-state index is 12.7. The SMILES string of the molecule is Cc1cc(-n2n3c4ccc5cc(S(=O)(=O)O)ccc5c4n23)c(C)cc1N=Nc1ccc(C=Cc2ccc(-n3n4c5cc(S(=O)(=O)O)c6ccccc6c5n34)cc2S(=O)(=O)O)c(S(=O)(=O)O)c1. The molecule has 0 atom stereocenters. The first-order chi connectivity index (χ1) is 31.1. The molecular formula is C42H30N8O12S4. The normalized spacial score (nSPS) is 13.7. The van der Waals surface area contributed by atoms with Crippen LogP contribution in [0.3, 0.4) is 0 Å². The lowest BCUT2D eigenvalue weighted by atomic mass is 10.1. The molecule has 20 nitrogen and oxygen atoms in total. The third-order valence-electron chi connectivity index (χ3n) is 11.5. The third kappa shape index (κ3) is 6.44. The Bertz CT molecular complexity index is 4430. The lowest BCUT2D eigenvalue weighted by molar-refractivity contribution is 0.480. The molecule has 0 aliphatic rings. The van der Waals surface area contributed by atoms with Gasteiger partial charge in [-0.1, -0.05) is 60.7 Å². The Morgan fingerprint density at radius 3 is 1.79 bits per heavy atom. The summed E-state index contributed by atoms with van der Waals surface area (Å²) in [5.74, 6) is 0. The van der Waals surface area contributed by atoms with E-state index >= 15 is 0 Å². The summed E-state index contributed by atoms with van der Waals surface area (Å²) in [6, 6.07) is 27.6. The van der Waals surface area contributed by atoms with Crippen LogP contribution in [0.25, 0.3) is 67.1 Å². The molecule has 4 heterocycles. The van der Waals surface area contributed by atoms with Crippen LogP contribution in [0.2, 0.25) is 0 Å². The molecule has 0 spiro atoms. The summed E-state index contributed by atoms with van der Waals surface area (Å²) in [7, 11) is -18.7. The molecule has 11 rings (SSSR count). The van der Waals surface area contributed by atoms with E-state index in [1.165, 1.54) is 70.1 Å². The zero-order valence-corrected chi connectivity index (χ0v) is 37.1. The Balaban J connectivity index is 0.881. The lowest BCUT2D eigenvalue weighted by Gasteiger charge is -2.07. The Morgan fingerprint density at radius 1 is 0.485 bits per heavy atom. The summed E-state index contributed by atoms with van der Waals surface area (Å²) >= 11 is 0. The molecule has 66 heavy (non-hydrogen) atoms. The Kier molecular flexibility index (Phi) is 8.62. The number of benzene rings is 7. The molecule has 0 bridgehead atoms. The van der Waals surface area contributed by atoms with Crippen molar-refractivity contribution in [2.75, 3.05) is 0 Å². The Morgan fingerprint density at radius 2 is 1.11 bits per heavy atom. The van der Waals surface area contributed by atoms with E-state index in [0.717, 1.165) is 39.3 Å². The molecule has 0 aliphatic heterocycles. The highest BCUT2D eigenvalue weighted by atomic mass is 32.2. The van der Waals surface area contributed by atoms with Crippen molar-refractivity contribution < 1.29 is 51.9 Å². The number of aryl methyl sites for hydroxylation is 2. The third-order valence-corrected chi connectivity index (χ3v) is 15.1. The van der Waals surface area contributed by atoms with E-state index in [-0.39, 0.29) is 37.7 Å². The predicted octanol–water partition coefficient (Wildman–Crippen LogP) is 7.65. The van der Waals surface area contributed by atoms with Crippen LogP contribution < -0.4 is 0 Å². The molecule has 0 saturated heterocycles. The molecular weight excluding hydrogens is 937 g/mol. The highest BCUT2D eigenvalue weighted by molar-refractivity contribution is 7.86. The summed E-state index contributed by atoms with van der Waals surface area (Å²) < 4.78 is 145. The van der Waals surface area contributed by atoms with Crippen molar-refractivity contribution in [2.45, 2.75) is 33.4 Å². The maximum Gasteiger partial charge on any atom is 0.295 e. The molecule has 24 heteroatoms. The van der Waals surface area contributed by atoms with Crippen molar-refractivity contribution >= 4 is 108 Å². The van der Waals surface area contributed by atoms with E-state index in [1.54, 1.807) is 47.1 Å². The van der Waals surface area contributed by atoms with Gasteiger partial charge in [0.05, 0.1) is 27.6 Å². The Hall–Kier alpha value is -7.16. The zero-order chi connectivity index (χ0) is 46.6. The number of nitrogens with zero attached hydrogens (tertiary/aromatic N) is 8. The minimum Gasteiger partial charge on any atom is -0.282 e. The minimum absolute atomic E-state index is 0.0351. The van der Waals surface area contributed by atoms with Crippen LogP contribution in [0.15, 0.2) is 139 Å². The lowest BCUT2D eigenvalue weighted by Crippen LogP contribution is -2.03. The molecule has 7 aromatic carbocycles. The number of azo groups is 1. The van der Waals surface area contributed by atoms with Crippen LogP contribution in [0.1, 0.15) is 22.3 Å². The largest absolute Gasteiger partial charge is 0.295 e. The van der Waals surface area contributed by atoms with Crippen LogP contribution in [0, 0.1) is 13.8 Å². The van der Waals surface area contributed by atoms with Crippen molar-refractivity contribution in [2.24, 2.45) is 10.2 Å². The molecule has 0 radical (unpaired) electrons. The van der Waals surface area contributed by atoms with Gasteiger partial charge in [-0.2, -0.15) is 53.5 Å². The molecule has 4 aromatic heterocycles. The van der Waals surface area contributed by atoms with Gasteiger partial charge >= 0.3 is 0 Å². The van der Waals surface area contributed by atoms with Crippen molar-refractivity contribution in [3.8, 4) is 11.4 Å². The van der Waals surface area contributed by atoms with Gasteiger partial charge in [-0.25, -0.2) is 0 Å². The van der Waals surface area contributed by atoms with Gasteiger partial charge in [0.2, 0.25) is 0 Å². The summed E-state index contributed by atoms with van der Waals surface area (Å²) in [6.45, 7) is 3.70. The standard InChI is InChI=1S/C42H30N8O12S4/c1-23-18-36(47-46-35-16-11-27-19-30(63(51,52)53)14-15-31(27)41(35)50(46)47)24(2)17-34(23)44-43-28-12-9-25(38(20-28)64(54,55)56)7-8-26-10-13-29(21-39(26)65(57,58)59)45-48-37-22-40(66(60,61)62)32-5-3-4-6-33(32)42(37)49(45)48/h3-22H,1-2H3,(H,51,52,53)(H,54,55,56)(H,57,58,59)(H,60,61,62). The monoisotopic (exact) mass is 966 g/mol. The van der Waals surface area contributed by atoms with Gasteiger partial charge in [0.25, 0.3) is 40.5 Å². The topological polar surface area (TPSA) is 270 Å². The van der Waals surface area contributed by atoms with Gasteiger partial charge in [-0.15, -0.1) is 18.5 Å². The van der Waals surface area contributed by atoms with E-state index < -0.39 is 50.3 Å². The van der Waals surface area contributed by atoms with Crippen LogP contribution in [-0.2, 0) is 40.5 Å². The van der Waals surface area contributed by atoms with E-state index in [2.05, 4.69) is 10.2 Å². The fourth-order valence-electron chi connectivity index (χ4n) is 8.43. The first kappa shape index (κ1) is 41.5. The van der Waals surface area contributed by atoms with Crippen molar-refractivity contribution in [1.82, 2.24) is 28.1 Å². The first-order valence-electron chi connectivity index (χ1n) is 19.4. The average Bonchev–Trinajstić information content (AvgIpc) is 4.10. The summed E-state index contributed by atoms with van der Waals surface area (Å²) in [5.41, 5.74) is 5.86. The minimum atomic E-state index is -4.88. The first-order valence-corrected chi connectivity index (χ1v) is 25.2. The van der Waals surface area contributed by atoms with Crippen molar-refractivity contribution in [3.63, 3.8) is 0 Å². The van der Waals surface area contributed by atoms with E-state index in [1.807, 2.05) is 40.0 Å². The van der Waals surface area contributed by atoms with E-state index in [4.69, 9.17) is 0 Å². The van der Waals surface area contributed by atoms with E-state index in [9.17, 15) is 51.9 Å². The second-order valence-corrected chi connectivity index (χ2v) is 21.2. The molecule has 4 N–H and O–H groups in total. The van der Waals surface area contributed by atoms with Crippen LogP contribution in [0.5, 0.6) is 0 Å². The number of rotatable bonds is 10. The summed E-state index contributed by atoms with van der Waals surface area (Å²) in [5, 5.41) is 10.8. The predicted molar refractivity (Wildman–Crippen MR) is 241 cm³/mol. The van der Waals surface area contributed by atoms with Gasteiger partial charge in [0.1, 0.15) is 36.8 Å². The second kappa shape index (κ2) is 13.7. The molecule has 334 valence electrons. The highest BCUT2D eigenvalue weighted by Crippen LogP contribution is 2.39. The van der Waals surface area contributed by atoms with Gasteiger partial charge in [-0.3, -0.25) is 18.2 Å². The van der Waals surface area contributed by atoms with E-state index in [0.29, 0.717) is 27.5 Å². The van der Waals surface area contributed by atoms with Gasteiger partial charge in [0, 0.05) is 16.2 Å². The van der Waals surface area contributed by atoms with Gasteiger partial charge < -0.3 is 0 Å². The van der Waals surface area contributed by atoms with Crippen molar-refractivity contribution in [3.05, 3.63) is 131 Å². The highest BCUT2D eigenvalue weighted by Gasteiger charge is 2.31. The van der Waals surface area contributed by atoms with Crippen LogP contribution in [0.4, 0.5) is 11.4 Å². The smallest absolute Gasteiger partial charge is 0.282 e. The van der Waals surface area contributed by atoms with Crippen LogP contribution in [-0.4, -0.2) is 80.0 Å². The van der Waals surface area contributed by atoms with Crippen LogP contribution >= 0.6 is 0 Å². The number of hydrogen-bond acceptors (Lipinski definition) is 10. The summed E-state index contributed by atoms with van der Waals surface area (Å²) in [6.07, 6.45) is 2.50. The number of hydrogen-bond donors (Lipinski definition) is 4. The fraction of sp³-hybridized carbons (Fsp3) is 0.0476. The average molecular weight is 967 g/mol. The molecule has 0 aliphatic carbocycles. The van der Waals surface area contributed by atoms with Gasteiger partial charge in [0.15, 0.2) is 0 Å². The summed E-state index contributed by atoms with van der Waals surface area (Å²) in [4.78, 5) is 1.85. The van der Waals surface area contributed by atoms with Gasteiger partial charge in [-0.05, 0) is 102 Å². The molecule has 0 amide bonds. The zero-order valence-electron chi connectivity index (χ0n) is 33.8. The van der Waals surface area contributed by atoms with Crippen molar-refractivity contribution in [1.29, 1.82) is 0 Å². The molecule has 0 fully saturated rings. The maximum atomic E-state index is 12.7. The molecule has 0 unspecified atom stereocenters. The fourth-order valence-corrected chi connectivity index (χ4v) is 11.1. The Labute approximate surface area is 372 Å². The molecule has 0 saturated carbocycles. The number of aromatic nitrogens is 6. The quantitative estimate of drug-likeness (QED) is 0.0585. The molecule has 11 aromatic rings.